The Hall–Kier alpha value is -1.74. The zero-order valence-corrected chi connectivity index (χ0v) is 13.8. The van der Waals surface area contributed by atoms with Gasteiger partial charge in [-0.25, -0.2) is 4.39 Å². The second-order valence-corrected chi connectivity index (χ2v) is 5.75. The molecule has 0 aliphatic rings. The van der Waals surface area contributed by atoms with E-state index in [1.807, 2.05) is 22.6 Å². The van der Waals surface area contributed by atoms with Gasteiger partial charge in [0.25, 0.3) is 5.91 Å². The molecule has 0 saturated heterocycles. The summed E-state index contributed by atoms with van der Waals surface area (Å²) in [4.78, 5) is 16.1. The molecule has 2 rings (SSSR count). The molecule has 1 heterocycles. The molecule has 1 aromatic heterocycles. The minimum atomic E-state index is -0.401. The second-order valence-electron chi connectivity index (χ2n) is 4.50. The molecule has 0 saturated carbocycles. The van der Waals surface area contributed by atoms with Crippen molar-refractivity contribution in [1.29, 1.82) is 0 Å². The number of amides is 1. The molecule has 3 N–H and O–H groups in total. The maximum absolute atomic E-state index is 13.9. The Morgan fingerprint density at radius 2 is 2.14 bits per heavy atom. The molecule has 0 bridgehead atoms. The van der Waals surface area contributed by atoms with E-state index in [2.05, 4.69) is 15.6 Å². The Kier molecular flexibility index (Phi) is 6.08. The quantitative estimate of drug-likeness (QED) is 0.501. The van der Waals surface area contributed by atoms with Crippen LogP contribution in [0.1, 0.15) is 16.8 Å². The molecule has 1 amide bonds. The first-order valence-electron chi connectivity index (χ1n) is 6.67. The first kappa shape index (κ1) is 16.6. The summed E-state index contributed by atoms with van der Waals surface area (Å²) in [6, 6.07) is 6.34. The molecule has 0 unspecified atom stereocenters. The number of hydrogen-bond donors (Lipinski definition) is 3. The monoisotopic (exact) mass is 415 g/mol. The van der Waals surface area contributed by atoms with Crippen molar-refractivity contribution in [2.75, 3.05) is 18.5 Å². The highest BCUT2D eigenvalue weighted by Gasteiger charge is 2.12. The highest BCUT2D eigenvalue weighted by Crippen LogP contribution is 2.23. The minimum absolute atomic E-state index is 0.00952. The zero-order chi connectivity index (χ0) is 15.9. The van der Waals surface area contributed by atoms with Crippen LogP contribution in [0, 0.1) is 9.39 Å². The maximum Gasteiger partial charge on any atom is 0.253 e. The fourth-order valence-corrected chi connectivity index (χ4v) is 2.26. The normalized spacial score (nSPS) is 10.3. The number of benzene rings is 1. The summed E-state index contributed by atoms with van der Waals surface area (Å²) in [6.45, 7) is 0.380. The number of anilines is 2. The summed E-state index contributed by atoms with van der Waals surface area (Å²) in [7, 11) is 0. The average molecular weight is 415 g/mol. The van der Waals surface area contributed by atoms with Gasteiger partial charge in [0.05, 0.1) is 23.1 Å². The van der Waals surface area contributed by atoms with Crippen LogP contribution in [0.15, 0.2) is 36.7 Å². The van der Waals surface area contributed by atoms with Gasteiger partial charge in [-0.3, -0.25) is 9.78 Å². The summed E-state index contributed by atoms with van der Waals surface area (Å²) >= 11 is 2.02. The van der Waals surface area contributed by atoms with E-state index in [1.165, 1.54) is 18.5 Å². The van der Waals surface area contributed by atoms with E-state index in [0.717, 1.165) is 3.57 Å². The number of nitrogens with one attached hydrogen (secondary N) is 2. The standard InChI is InChI=1S/C15H15FIN3O2/c16-12-8-10(17)2-3-13(12)20-14-9-18-6-4-11(14)15(22)19-5-1-7-21/h2-4,6,8-9,20-21H,1,5,7H2,(H,19,22). The molecule has 0 radical (unpaired) electrons. The molecule has 5 nitrogen and oxygen atoms in total. The van der Waals surface area contributed by atoms with Gasteiger partial charge in [-0.15, -0.1) is 0 Å². The summed E-state index contributed by atoms with van der Waals surface area (Å²) in [6.07, 6.45) is 3.44. The first-order valence-corrected chi connectivity index (χ1v) is 7.75. The van der Waals surface area contributed by atoms with Crippen LogP contribution in [0.4, 0.5) is 15.8 Å². The number of aliphatic hydroxyl groups is 1. The Morgan fingerprint density at radius 1 is 1.32 bits per heavy atom. The Morgan fingerprint density at radius 3 is 2.86 bits per heavy atom. The molecule has 7 heteroatoms. The van der Waals surface area contributed by atoms with Crippen molar-refractivity contribution in [2.24, 2.45) is 0 Å². The van der Waals surface area contributed by atoms with Gasteiger partial charge in [-0.2, -0.15) is 0 Å². The number of rotatable bonds is 6. The van der Waals surface area contributed by atoms with Crippen LogP contribution in [-0.4, -0.2) is 29.1 Å². The van der Waals surface area contributed by atoms with Gasteiger partial charge < -0.3 is 15.7 Å². The summed E-state index contributed by atoms with van der Waals surface area (Å²) < 4.78 is 14.7. The van der Waals surface area contributed by atoms with Crippen LogP contribution < -0.4 is 10.6 Å². The fourth-order valence-electron chi connectivity index (χ4n) is 1.80. The summed E-state index contributed by atoms with van der Waals surface area (Å²) in [5, 5.41) is 14.3. The smallest absolute Gasteiger partial charge is 0.253 e. The number of pyridine rings is 1. The minimum Gasteiger partial charge on any atom is -0.396 e. The number of hydrogen-bond acceptors (Lipinski definition) is 4. The lowest BCUT2D eigenvalue weighted by atomic mass is 10.2. The van der Waals surface area contributed by atoms with Crippen LogP contribution in [0.3, 0.4) is 0 Å². The number of aliphatic hydroxyl groups excluding tert-OH is 1. The average Bonchev–Trinajstić information content (AvgIpc) is 2.51. The molecule has 0 aliphatic carbocycles. The molecule has 0 spiro atoms. The first-order chi connectivity index (χ1) is 10.6. The molecule has 116 valence electrons. The van der Waals surface area contributed by atoms with Crippen molar-refractivity contribution in [3.63, 3.8) is 0 Å². The maximum atomic E-state index is 13.9. The summed E-state index contributed by atoms with van der Waals surface area (Å²) in [5.74, 6) is -0.702. The van der Waals surface area contributed by atoms with Gasteiger partial charge >= 0.3 is 0 Å². The van der Waals surface area contributed by atoms with Gasteiger partial charge in [0, 0.05) is 22.9 Å². The fraction of sp³-hybridized carbons (Fsp3) is 0.200. The Labute approximate surface area is 141 Å². The van der Waals surface area contributed by atoms with Gasteiger partial charge in [-0.05, 0) is 53.3 Å². The third kappa shape index (κ3) is 4.38. The highest BCUT2D eigenvalue weighted by atomic mass is 127. The number of halogens is 2. The van der Waals surface area contributed by atoms with E-state index in [1.54, 1.807) is 18.2 Å². The van der Waals surface area contributed by atoms with Crippen molar-refractivity contribution < 1.29 is 14.3 Å². The molecule has 1 aromatic carbocycles. The van der Waals surface area contributed by atoms with Crippen LogP contribution in [0.25, 0.3) is 0 Å². The molecule has 0 fully saturated rings. The van der Waals surface area contributed by atoms with E-state index in [-0.39, 0.29) is 18.2 Å². The van der Waals surface area contributed by atoms with Crippen molar-refractivity contribution in [3.8, 4) is 0 Å². The molecule has 22 heavy (non-hydrogen) atoms. The van der Waals surface area contributed by atoms with Crippen LogP contribution in [0.5, 0.6) is 0 Å². The third-order valence-corrected chi connectivity index (χ3v) is 3.56. The molecule has 0 aliphatic heterocycles. The zero-order valence-electron chi connectivity index (χ0n) is 11.6. The van der Waals surface area contributed by atoms with Crippen LogP contribution >= 0.6 is 22.6 Å². The van der Waals surface area contributed by atoms with E-state index in [4.69, 9.17) is 5.11 Å². The number of aromatic nitrogens is 1. The summed E-state index contributed by atoms with van der Waals surface area (Å²) in [5.41, 5.74) is 1.06. The Balaban J connectivity index is 2.19. The Bertz CT molecular complexity index is 667. The lowest BCUT2D eigenvalue weighted by molar-refractivity contribution is 0.0952. The lowest BCUT2D eigenvalue weighted by Gasteiger charge is -2.12. The van der Waals surface area contributed by atoms with Crippen molar-refractivity contribution >= 4 is 39.9 Å². The lowest BCUT2D eigenvalue weighted by Crippen LogP contribution is -2.25. The van der Waals surface area contributed by atoms with E-state index < -0.39 is 5.82 Å². The number of carbonyl (C=O) groups is 1. The molecular formula is C15H15FIN3O2. The number of carbonyl (C=O) groups excluding carboxylic acids is 1. The van der Waals surface area contributed by atoms with E-state index in [0.29, 0.717) is 24.2 Å². The van der Waals surface area contributed by atoms with Crippen molar-refractivity contribution in [1.82, 2.24) is 10.3 Å². The van der Waals surface area contributed by atoms with Gasteiger partial charge in [0.1, 0.15) is 5.82 Å². The SMILES string of the molecule is O=C(NCCCO)c1ccncc1Nc1ccc(I)cc1F. The topological polar surface area (TPSA) is 74.2 Å². The van der Waals surface area contributed by atoms with Crippen molar-refractivity contribution in [3.05, 3.63) is 51.6 Å². The van der Waals surface area contributed by atoms with Crippen molar-refractivity contribution in [2.45, 2.75) is 6.42 Å². The molecule has 2 aromatic rings. The molecule has 0 atom stereocenters. The third-order valence-electron chi connectivity index (χ3n) is 2.89. The largest absolute Gasteiger partial charge is 0.396 e. The van der Waals surface area contributed by atoms with Crippen LogP contribution in [0.2, 0.25) is 0 Å². The van der Waals surface area contributed by atoms with Gasteiger partial charge in [-0.1, -0.05) is 0 Å². The van der Waals surface area contributed by atoms with E-state index >= 15 is 0 Å². The second kappa shape index (κ2) is 8.04. The molecular weight excluding hydrogens is 400 g/mol. The highest BCUT2D eigenvalue weighted by molar-refractivity contribution is 14.1. The van der Waals surface area contributed by atoms with E-state index in [9.17, 15) is 9.18 Å². The predicted molar refractivity (Wildman–Crippen MR) is 90.7 cm³/mol. The van der Waals surface area contributed by atoms with Gasteiger partial charge in [0.15, 0.2) is 0 Å². The predicted octanol–water partition coefficient (Wildman–Crippen LogP) is 2.68. The van der Waals surface area contributed by atoms with Crippen LogP contribution in [-0.2, 0) is 0 Å². The number of nitrogens with zero attached hydrogens (tertiary/aromatic N) is 1. The van der Waals surface area contributed by atoms with Gasteiger partial charge in [0.2, 0.25) is 0 Å².